The van der Waals surface area contributed by atoms with E-state index in [2.05, 4.69) is 90.0 Å². The number of carbonyl (C=O) groups is 1. The Balaban J connectivity index is 1.78. The van der Waals surface area contributed by atoms with Crippen LogP contribution in [0.1, 0.15) is 40.9 Å². The molecule has 0 unspecified atom stereocenters. The Labute approximate surface area is 217 Å². The highest BCUT2D eigenvalue weighted by Crippen LogP contribution is 2.46. The van der Waals surface area contributed by atoms with Crippen LogP contribution in [0.5, 0.6) is 0 Å². The number of aromatic nitrogens is 1. The number of rotatable bonds is 5. The van der Waals surface area contributed by atoms with Crippen LogP contribution in [0.2, 0.25) is 0 Å². The van der Waals surface area contributed by atoms with Crippen molar-refractivity contribution in [3.63, 3.8) is 0 Å². The first-order valence-electron chi connectivity index (χ1n) is 12.8. The van der Waals surface area contributed by atoms with Gasteiger partial charge in [0, 0.05) is 40.8 Å². The number of nitrogens with zero attached hydrogens (tertiary/aromatic N) is 2. The summed E-state index contributed by atoms with van der Waals surface area (Å²) >= 11 is 0. The van der Waals surface area contributed by atoms with Crippen molar-refractivity contribution in [2.24, 2.45) is 0 Å². The lowest BCUT2D eigenvalue weighted by Crippen LogP contribution is -2.01. The lowest BCUT2D eigenvalue weighted by Gasteiger charge is -2.11. The highest BCUT2D eigenvalue weighted by atomic mass is 16.5. The van der Waals surface area contributed by atoms with Gasteiger partial charge in [0.1, 0.15) is 6.54 Å². The van der Waals surface area contributed by atoms with Crippen molar-refractivity contribution in [3.05, 3.63) is 113 Å². The molecule has 6 rings (SSSR count). The van der Waals surface area contributed by atoms with Crippen molar-refractivity contribution >= 4 is 39.9 Å². The number of hydrogen-bond donors (Lipinski definition) is 0. The number of aryl methyl sites for hydroxylation is 1. The molecule has 1 aliphatic heterocycles. The van der Waals surface area contributed by atoms with Gasteiger partial charge >= 0.3 is 5.97 Å². The van der Waals surface area contributed by atoms with E-state index in [-0.39, 0.29) is 5.97 Å². The molecule has 4 heteroatoms. The van der Waals surface area contributed by atoms with Crippen LogP contribution in [0, 0.1) is 0 Å². The van der Waals surface area contributed by atoms with Crippen LogP contribution in [0.15, 0.2) is 91.1 Å². The average Bonchev–Trinajstić information content (AvgIpc) is 3.55. The Morgan fingerprint density at radius 1 is 0.811 bits per heavy atom. The van der Waals surface area contributed by atoms with E-state index in [0.29, 0.717) is 5.56 Å². The maximum absolute atomic E-state index is 12.9. The zero-order chi connectivity index (χ0) is 25.5. The molecule has 0 saturated heterocycles. The Morgan fingerprint density at radius 2 is 1.49 bits per heavy atom. The summed E-state index contributed by atoms with van der Waals surface area (Å²) in [6.07, 6.45) is 4.52. The van der Waals surface area contributed by atoms with E-state index in [1.807, 2.05) is 30.3 Å². The first-order chi connectivity index (χ1) is 18.2. The Kier molecular flexibility index (Phi) is 5.72. The molecule has 2 heterocycles. The van der Waals surface area contributed by atoms with Crippen molar-refractivity contribution in [2.45, 2.75) is 20.4 Å². The molecule has 0 atom stereocenters. The molecule has 4 nitrogen and oxygen atoms in total. The minimum Gasteiger partial charge on any atom is -0.465 e. The summed E-state index contributed by atoms with van der Waals surface area (Å²) in [4.78, 5) is 12.9. The largest absolute Gasteiger partial charge is 0.465 e. The smallest absolute Gasteiger partial charge is 0.338 e. The first-order valence-corrected chi connectivity index (χ1v) is 12.8. The molecule has 2 aliphatic carbocycles. The molecule has 0 fully saturated rings. The Morgan fingerprint density at radius 3 is 2.24 bits per heavy atom. The third kappa shape index (κ3) is 3.60. The number of benzene rings is 2. The van der Waals surface area contributed by atoms with Crippen LogP contribution in [0.4, 0.5) is 5.69 Å². The molecular formula is C33H29N2O2+. The van der Waals surface area contributed by atoms with Crippen LogP contribution in [-0.4, -0.2) is 35.0 Å². The number of esters is 1. The fraction of sp³-hybridized carbons (Fsp3) is 0.152. The van der Waals surface area contributed by atoms with Gasteiger partial charge in [-0.05, 0) is 48.7 Å². The molecule has 0 amide bonds. The Bertz CT molecular complexity index is 1700. The van der Waals surface area contributed by atoms with Crippen molar-refractivity contribution in [3.8, 4) is 11.1 Å². The summed E-state index contributed by atoms with van der Waals surface area (Å²) in [6.45, 7) is 6.08. The molecule has 0 spiro atoms. The van der Waals surface area contributed by atoms with Crippen LogP contribution >= 0.6 is 0 Å². The molecule has 0 saturated carbocycles. The number of fused-ring (bicyclic) bond motifs is 3. The molecule has 0 N–H and O–H groups in total. The Hall–Kier alpha value is -4.44. The zero-order valence-electron chi connectivity index (χ0n) is 21.4. The standard InChI is InChI=1S/C33H29N2O2/c1-4-34-20-28(24-15-9-11-17-30(24)34)32(29-21-35(5-2)31-18-12-10-16-25(29)31)26-19-27(33(36)37-3)23-14-8-6-7-13-22(23)26/h6-21H,4-5H2,1-3H3/q+1. The maximum atomic E-state index is 12.9. The second-order valence-corrected chi connectivity index (χ2v) is 9.27. The van der Waals surface area contributed by atoms with E-state index in [4.69, 9.17) is 4.74 Å². The van der Waals surface area contributed by atoms with Crippen molar-refractivity contribution in [1.29, 1.82) is 0 Å². The van der Waals surface area contributed by atoms with Gasteiger partial charge in [0.15, 0.2) is 6.21 Å². The monoisotopic (exact) mass is 485 g/mol. The number of ether oxygens (including phenoxy) is 1. The third-order valence-corrected chi connectivity index (χ3v) is 7.38. The molecule has 0 bridgehead atoms. The van der Waals surface area contributed by atoms with Gasteiger partial charge in [-0.25, -0.2) is 4.79 Å². The molecule has 182 valence electrons. The van der Waals surface area contributed by atoms with Crippen LogP contribution in [0.25, 0.3) is 33.2 Å². The van der Waals surface area contributed by atoms with E-state index >= 15 is 0 Å². The SMILES string of the molecule is CCn1cc(/C(=C2\C=[N+](CC)c3ccccc32)c2cc(C(=O)OC)c3cccccc2-3)c2ccccc21. The van der Waals surface area contributed by atoms with E-state index in [1.165, 1.54) is 29.3 Å². The van der Waals surface area contributed by atoms with Crippen LogP contribution < -0.4 is 0 Å². The topological polar surface area (TPSA) is 34.2 Å². The van der Waals surface area contributed by atoms with E-state index < -0.39 is 0 Å². The first kappa shape index (κ1) is 23.0. The highest BCUT2D eigenvalue weighted by Gasteiger charge is 2.32. The van der Waals surface area contributed by atoms with Gasteiger partial charge in [-0.1, -0.05) is 60.7 Å². The summed E-state index contributed by atoms with van der Waals surface area (Å²) in [5.74, 6) is -0.325. The summed E-state index contributed by atoms with van der Waals surface area (Å²) in [7, 11) is 1.44. The fourth-order valence-corrected chi connectivity index (χ4v) is 5.65. The van der Waals surface area contributed by atoms with E-state index in [1.54, 1.807) is 0 Å². The van der Waals surface area contributed by atoms with Gasteiger partial charge in [0.2, 0.25) is 5.69 Å². The lowest BCUT2D eigenvalue weighted by atomic mass is 9.89. The van der Waals surface area contributed by atoms with Crippen LogP contribution in [0.3, 0.4) is 0 Å². The number of methoxy groups -OCH3 is 1. The van der Waals surface area contributed by atoms with E-state index in [9.17, 15) is 4.79 Å². The number of allylic oxidation sites excluding steroid dienone is 1. The minimum atomic E-state index is -0.325. The zero-order valence-corrected chi connectivity index (χ0v) is 21.4. The number of hydrogen-bond acceptors (Lipinski definition) is 2. The second-order valence-electron chi connectivity index (χ2n) is 9.27. The number of para-hydroxylation sites is 2. The second kappa shape index (κ2) is 9.21. The fourth-order valence-electron chi connectivity index (χ4n) is 5.65. The third-order valence-electron chi connectivity index (χ3n) is 7.38. The lowest BCUT2D eigenvalue weighted by molar-refractivity contribution is -0.427. The quantitative estimate of drug-likeness (QED) is 0.194. The van der Waals surface area contributed by atoms with Gasteiger partial charge in [-0.2, -0.15) is 4.58 Å². The summed E-state index contributed by atoms with van der Waals surface area (Å²) in [5, 5.41) is 1.20. The molecular weight excluding hydrogens is 456 g/mol. The van der Waals surface area contributed by atoms with Crippen LogP contribution in [-0.2, 0) is 11.3 Å². The predicted octanol–water partition coefficient (Wildman–Crippen LogP) is 7.26. The normalized spacial score (nSPS) is 14.1. The van der Waals surface area contributed by atoms with Crippen molar-refractivity contribution in [2.75, 3.05) is 13.7 Å². The average molecular weight is 486 g/mol. The molecule has 1 aromatic heterocycles. The minimum absolute atomic E-state index is 0.325. The van der Waals surface area contributed by atoms with Crippen molar-refractivity contribution < 1.29 is 14.1 Å². The highest BCUT2D eigenvalue weighted by molar-refractivity contribution is 6.26. The molecule has 3 aliphatic rings. The summed E-state index contributed by atoms with van der Waals surface area (Å²) < 4.78 is 9.81. The maximum Gasteiger partial charge on any atom is 0.338 e. The molecule has 3 aromatic rings. The van der Waals surface area contributed by atoms with Gasteiger partial charge < -0.3 is 9.30 Å². The molecule has 37 heavy (non-hydrogen) atoms. The number of carbonyl (C=O) groups excluding carboxylic acids is 1. The van der Waals surface area contributed by atoms with Gasteiger partial charge in [-0.3, -0.25) is 0 Å². The van der Waals surface area contributed by atoms with Crippen molar-refractivity contribution in [1.82, 2.24) is 4.57 Å². The summed E-state index contributed by atoms with van der Waals surface area (Å²) in [5.41, 5.74) is 10.6. The van der Waals surface area contributed by atoms with Gasteiger partial charge in [-0.15, -0.1) is 0 Å². The van der Waals surface area contributed by atoms with E-state index in [0.717, 1.165) is 46.5 Å². The molecule has 2 aromatic carbocycles. The molecule has 0 radical (unpaired) electrons. The summed E-state index contributed by atoms with van der Waals surface area (Å²) in [6, 6.07) is 29.3. The van der Waals surface area contributed by atoms with Gasteiger partial charge in [0.25, 0.3) is 0 Å². The predicted molar refractivity (Wildman–Crippen MR) is 151 cm³/mol. The van der Waals surface area contributed by atoms with Gasteiger partial charge in [0.05, 0.1) is 23.8 Å².